The number of nitrogens with zero attached hydrogens (tertiary/aromatic N) is 2. The highest BCUT2D eigenvalue weighted by Gasteiger charge is 2.17. The maximum atomic E-state index is 12.1. The first-order valence-corrected chi connectivity index (χ1v) is 7.79. The minimum atomic E-state index is 0.0601. The average Bonchev–Trinajstić information content (AvgIpc) is 3.08. The molecule has 5 heteroatoms. The highest BCUT2D eigenvalue weighted by Crippen LogP contribution is 2.17. The zero-order valence-electron chi connectivity index (χ0n) is 13.1. The molecule has 0 saturated carbocycles. The quantitative estimate of drug-likeness (QED) is 0.912. The normalized spacial score (nSPS) is 17.6. The maximum Gasteiger partial charge on any atom is 0.225 e. The molecule has 0 bridgehead atoms. The number of anilines is 1. The van der Waals surface area contributed by atoms with Crippen molar-refractivity contribution < 1.29 is 4.79 Å². The third-order valence-corrected chi connectivity index (χ3v) is 3.98. The summed E-state index contributed by atoms with van der Waals surface area (Å²) in [6, 6.07) is 10.2. The number of rotatable bonds is 4. The molecule has 3 rings (SSSR count). The van der Waals surface area contributed by atoms with E-state index in [4.69, 9.17) is 0 Å². The average molecular weight is 298 g/mol. The summed E-state index contributed by atoms with van der Waals surface area (Å²) >= 11 is 0. The van der Waals surface area contributed by atoms with E-state index in [9.17, 15) is 4.79 Å². The molecule has 2 heterocycles. The van der Waals surface area contributed by atoms with Crippen LogP contribution in [0, 0.1) is 13.8 Å². The molecule has 1 aliphatic rings. The van der Waals surface area contributed by atoms with E-state index in [2.05, 4.69) is 15.7 Å². The van der Waals surface area contributed by atoms with E-state index in [-0.39, 0.29) is 5.91 Å². The van der Waals surface area contributed by atoms with Crippen LogP contribution < -0.4 is 10.6 Å². The van der Waals surface area contributed by atoms with Crippen molar-refractivity contribution in [1.29, 1.82) is 0 Å². The van der Waals surface area contributed by atoms with Crippen molar-refractivity contribution in [2.45, 2.75) is 39.2 Å². The first kappa shape index (κ1) is 14.8. The molecule has 0 aliphatic carbocycles. The molecule has 1 atom stereocenters. The molecule has 0 radical (unpaired) electrons. The van der Waals surface area contributed by atoms with Crippen LogP contribution in [-0.2, 0) is 4.79 Å². The van der Waals surface area contributed by atoms with Crippen molar-refractivity contribution in [1.82, 2.24) is 15.1 Å². The Labute approximate surface area is 130 Å². The molecule has 1 fully saturated rings. The van der Waals surface area contributed by atoms with Gasteiger partial charge in [-0.25, -0.2) is 4.68 Å². The van der Waals surface area contributed by atoms with Gasteiger partial charge < -0.3 is 10.6 Å². The van der Waals surface area contributed by atoms with E-state index in [0.717, 1.165) is 42.1 Å². The Kier molecular flexibility index (Phi) is 4.24. The molecule has 116 valence electrons. The molecule has 1 aromatic carbocycles. The second-order valence-corrected chi connectivity index (χ2v) is 5.93. The summed E-state index contributed by atoms with van der Waals surface area (Å²) in [6.07, 6.45) is 2.77. The predicted octanol–water partition coefficient (Wildman–Crippen LogP) is 2.57. The minimum absolute atomic E-state index is 0.0601. The van der Waals surface area contributed by atoms with Gasteiger partial charge in [-0.2, -0.15) is 5.10 Å². The van der Waals surface area contributed by atoms with E-state index in [0.29, 0.717) is 12.5 Å². The van der Waals surface area contributed by atoms with Crippen molar-refractivity contribution >= 4 is 11.6 Å². The Bertz CT molecular complexity index is 671. The first-order chi connectivity index (χ1) is 10.6. The molecule has 1 saturated heterocycles. The summed E-state index contributed by atoms with van der Waals surface area (Å²) in [6.45, 7) is 5.02. The molecular weight excluding hydrogens is 276 g/mol. The van der Waals surface area contributed by atoms with Crippen LogP contribution in [0.5, 0.6) is 0 Å². The number of aromatic nitrogens is 2. The molecule has 22 heavy (non-hydrogen) atoms. The number of hydrogen-bond donors (Lipinski definition) is 2. The zero-order valence-corrected chi connectivity index (χ0v) is 13.1. The largest absolute Gasteiger partial charge is 0.326 e. The predicted molar refractivity (Wildman–Crippen MR) is 87.3 cm³/mol. The van der Waals surface area contributed by atoms with Crippen LogP contribution in [0.3, 0.4) is 0 Å². The molecule has 2 N–H and O–H groups in total. The summed E-state index contributed by atoms with van der Waals surface area (Å²) < 4.78 is 1.89. The van der Waals surface area contributed by atoms with Crippen molar-refractivity contribution in [2.24, 2.45) is 0 Å². The van der Waals surface area contributed by atoms with Crippen LogP contribution >= 0.6 is 0 Å². The second kappa shape index (κ2) is 6.32. The minimum Gasteiger partial charge on any atom is -0.326 e. The lowest BCUT2D eigenvalue weighted by molar-refractivity contribution is -0.116. The topological polar surface area (TPSA) is 59.0 Å². The van der Waals surface area contributed by atoms with E-state index < -0.39 is 0 Å². The molecule has 1 aliphatic heterocycles. The summed E-state index contributed by atoms with van der Waals surface area (Å²) in [4.78, 5) is 12.1. The SMILES string of the molecule is Cc1cc(C)n(-c2cccc(NC(=O)CC3CCCN3)c2)n1. The van der Waals surface area contributed by atoms with Gasteiger partial charge in [0, 0.05) is 23.8 Å². The van der Waals surface area contributed by atoms with Gasteiger partial charge in [0.2, 0.25) is 5.91 Å². The third-order valence-electron chi connectivity index (χ3n) is 3.98. The summed E-state index contributed by atoms with van der Waals surface area (Å²) in [5.74, 6) is 0.0601. The smallest absolute Gasteiger partial charge is 0.225 e. The lowest BCUT2D eigenvalue weighted by Crippen LogP contribution is -2.27. The van der Waals surface area contributed by atoms with Gasteiger partial charge in [0.1, 0.15) is 0 Å². The van der Waals surface area contributed by atoms with Crippen molar-refractivity contribution in [3.63, 3.8) is 0 Å². The van der Waals surface area contributed by atoms with Crippen LogP contribution in [0.4, 0.5) is 5.69 Å². The van der Waals surface area contributed by atoms with Crippen molar-refractivity contribution in [3.05, 3.63) is 41.7 Å². The summed E-state index contributed by atoms with van der Waals surface area (Å²) in [5.41, 5.74) is 3.84. The van der Waals surface area contributed by atoms with Gasteiger partial charge in [-0.1, -0.05) is 6.07 Å². The first-order valence-electron chi connectivity index (χ1n) is 7.79. The number of hydrogen-bond acceptors (Lipinski definition) is 3. The molecule has 1 amide bonds. The Morgan fingerprint density at radius 1 is 1.41 bits per heavy atom. The van der Waals surface area contributed by atoms with Crippen LogP contribution in [0.25, 0.3) is 5.69 Å². The number of benzene rings is 1. The van der Waals surface area contributed by atoms with E-state index in [1.165, 1.54) is 0 Å². The molecule has 0 spiro atoms. The van der Waals surface area contributed by atoms with Crippen LogP contribution in [0.2, 0.25) is 0 Å². The van der Waals surface area contributed by atoms with Crippen molar-refractivity contribution in [2.75, 3.05) is 11.9 Å². The van der Waals surface area contributed by atoms with Gasteiger partial charge in [-0.05, 0) is 57.5 Å². The highest BCUT2D eigenvalue weighted by molar-refractivity contribution is 5.91. The van der Waals surface area contributed by atoms with Gasteiger partial charge in [0.05, 0.1) is 11.4 Å². The highest BCUT2D eigenvalue weighted by atomic mass is 16.1. The third kappa shape index (κ3) is 3.36. The van der Waals surface area contributed by atoms with E-state index >= 15 is 0 Å². The zero-order chi connectivity index (χ0) is 15.5. The standard InChI is InChI=1S/C17H22N4O/c1-12-9-13(2)21(20-12)16-7-3-5-15(10-16)19-17(22)11-14-6-4-8-18-14/h3,5,7,9-10,14,18H,4,6,8,11H2,1-2H3,(H,19,22). The lowest BCUT2D eigenvalue weighted by atomic mass is 10.1. The Morgan fingerprint density at radius 3 is 2.95 bits per heavy atom. The Morgan fingerprint density at radius 2 is 2.27 bits per heavy atom. The summed E-state index contributed by atoms with van der Waals surface area (Å²) in [5, 5.41) is 10.8. The van der Waals surface area contributed by atoms with Crippen LogP contribution in [0.15, 0.2) is 30.3 Å². The molecule has 5 nitrogen and oxygen atoms in total. The Hall–Kier alpha value is -2.14. The van der Waals surface area contributed by atoms with E-state index in [1.54, 1.807) is 0 Å². The van der Waals surface area contributed by atoms with Crippen LogP contribution in [-0.4, -0.2) is 28.3 Å². The fourth-order valence-electron chi connectivity index (χ4n) is 2.97. The molecule has 2 aromatic rings. The molecule has 1 unspecified atom stereocenters. The van der Waals surface area contributed by atoms with E-state index in [1.807, 2.05) is 48.9 Å². The number of carbonyl (C=O) groups excluding carboxylic acids is 1. The van der Waals surface area contributed by atoms with Gasteiger partial charge in [-0.15, -0.1) is 0 Å². The maximum absolute atomic E-state index is 12.1. The Balaban J connectivity index is 1.71. The molecular formula is C17H22N4O. The number of amides is 1. The van der Waals surface area contributed by atoms with Crippen molar-refractivity contribution in [3.8, 4) is 5.69 Å². The van der Waals surface area contributed by atoms with Gasteiger partial charge in [0.15, 0.2) is 0 Å². The monoisotopic (exact) mass is 298 g/mol. The van der Waals surface area contributed by atoms with Gasteiger partial charge in [-0.3, -0.25) is 4.79 Å². The van der Waals surface area contributed by atoms with Gasteiger partial charge in [0.25, 0.3) is 0 Å². The van der Waals surface area contributed by atoms with Gasteiger partial charge >= 0.3 is 0 Å². The fourth-order valence-corrected chi connectivity index (χ4v) is 2.97. The number of nitrogens with one attached hydrogen (secondary N) is 2. The lowest BCUT2D eigenvalue weighted by Gasteiger charge is -2.11. The fraction of sp³-hybridized carbons (Fsp3) is 0.412. The number of aryl methyl sites for hydroxylation is 2. The van der Waals surface area contributed by atoms with Crippen LogP contribution in [0.1, 0.15) is 30.7 Å². The number of carbonyl (C=O) groups is 1. The molecule has 1 aromatic heterocycles. The second-order valence-electron chi connectivity index (χ2n) is 5.93. The summed E-state index contributed by atoms with van der Waals surface area (Å²) in [7, 11) is 0.